The molecule has 0 aliphatic rings. The number of rotatable bonds is 6. The Kier molecular flexibility index (Phi) is 5.40. The number of hydrogen-bond acceptors (Lipinski definition) is 5. The zero-order valence-corrected chi connectivity index (χ0v) is 18.8. The summed E-state index contributed by atoms with van der Waals surface area (Å²) in [6, 6.07) is 13.6. The maximum absolute atomic E-state index is 13.0. The van der Waals surface area contributed by atoms with Crippen molar-refractivity contribution in [3.8, 4) is 11.1 Å². The van der Waals surface area contributed by atoms with E-state index in [4.69, 9.17) is 11.6 Å². The summed E-state index contributed by atoms with van der Waals surface area (Å²) in [6.07, 6.45) is 5.60. The molecule has 0 N–H and O–H groups in total. The third kappa shape index (κ3) is 3.80. The summed E-state index contributed by atoms with van der Waals surface area (Å²) < 4.78 is 3.95. The Morgan fingerprint density at radius 3 is 2.77 bits per heavy atom. The molecule has 5 nitrogen and oxygen atoms in total. The van der Waals surface area contributed by atoms with E-state index in [1.54, 1.807) is 11.3 Å². The van der Waals surface area contributed by atoms with Gasteiger partial charge in [0.1, 0.15) is 10.5 Å². The van der Waals surface area contributed by atoms with Crippen LogP contribution in [0.1, 0.15) is 5.69 Å². The van der Waals surface area contributed by atoms with Gasteiger partial charge in [0.15, 0.2) is 5.16 Å². The molecule has 0 bridgehead atoms. The SMILES string of the molecule is C=CCn1c(SCc2cn3cc(Cl)ccc3n2)nc(=O)c2c(-c3ccccc3)csc21. The van der Waals surface area contributed by atoms with Crippen LogP contribution in [0.2, 0.25) is 5.02 Å². The van der Waals surface area contributed by atoms with E-state index in [1.807, 2.05) is 70.7 Å². The number of thioether (sulfide) groups is 1. The highest BCUT2D eigenvalue weighted by atomic mass is 35.5. The zero-order chi connectivity index (χ0) is 21.4. The Labute approximate surface area is 191 Å². The van der Waals surface area contributed by atoms with Gasteiger partial charge in [0.05, 0.1) is 16.1 Å². The standard InChI is InChI=1S/C23H17ClN4OS2/c1-2-10-28-22-20(18(14-30-22)15-6-4-3-5-7-15)21(29)26-23(28)31-13-17-12-27-11-16(24)8-9-19(27)25-17/h2-9,11-12,14H,1,10,13H2. The molecule has 5 rings (SSSR count). The maximum atomic E-state index is 13.0. The molecular weight excluding hydrogens is 448 g/mol. The van der Waals surface area contributed by atoms with Crippen LogP contribution in [0, 0.1) is 0 Å². The number of fused-ring (bicyclic) bond motifs is 2. The van der Waals surface area contributed by atoms with Gasteiger partial charge >= 0.3 is 0 Å². The fourth-order valence-corrected chi connectivity index (χ4v) is 5.70. The Hall–Kier alpha value is -2.87. The molecule has 5 aromatic rings. The Bertz CT molecular complexity index is 1470. The fourth-order valence-electron chi connectivity index (χ4n) is 3.50. The van der Waals surface area contributed by atoms with Crippen LogP contribution in [0.3, 0.4) is 0 Å². The molecule has 0 spiro atoms. The number of thiophene rings is 1. The lowest BCUT2D eigenvalue weighted by Crippen LogP contribution is -2.15. The predicted octanol–water partition coefficient (Wildman–Crippen LogP) is 5.90. The van der Waals surface area contributed by atoms with Crippen LogP contribution >= 0.6 is 34.7 Å². The second-order valence-corrected chi connectivity index (χ2v) is 9.17. The first-order chi connectivity index (χ1) is 15.1. The normalized spacial score (nSPS) is 11.4. The number of aromatic nitrogens is 4. The lowest BCUT2D eigenvalue weighted by molar-refractivity contribution is 0.716. The van der Waals surface area contributed by atoms with E-state index in [0.717, 1.165) is 27.3 Å². The van der Waals surface area contributed by atoms with Crippen molar-refractivity contribution in [2.45, 2.75) is 17.5 Å². The first-order valence-corrected chi connectivity index (χ1v) is 11.8. The number of allylic oxidation sites excluding steroid dienone is 1. The summed E-state index contributed by atoms with van der Waals surface area (Å²) in [4.78, 5) is 23.0. The van der Waals surface area contributed by atoms with Gasteiger partial charge in [0, 0.05) is 35.6 Å². The van der Waals surface area contributed by atoms with Crippen molar-refractivity contribution in [1.82, 2.24) is 18.9 Å². The molecule has 8 heteroatoms. The number of benzene rings is 1. The van der Waals surface area contributed by atoms with E-state index in [-0.39, 0.29) is 5.56 Å². The van der Waals surface area contributed by atoms with E-state index in [0.29, 0.717) is 27.9 Å². The second kappa shape index (κ2) is 8.34. The Balaban J connectivity index is 1.54. The van der Waals surface area contributed by atoms with E-state index < -0.39 is 0 Å². The molecule has 0 aliphatic heterocycles. The minimum atomic E-state index is -0.209. The first-order valence-electron chi connectivity index (χ1n) is 9.58. The van der Waals surface area contributed by atoms with Crippen molar-refractivity contribution >= 4 is 50.6 Å². The van der Waals surface area contributed by atoms with Gasteiger partial charge in [-0.05, 0) is 17.7 Å². The lowest BCUT2D eigenvalue weighted by Gasteiger charge is -2.11. The molecule has 0 saturated heterocycles. The molecular formula is C23H17ClN4OS2. The molecule has 0 unspecified atom stereocenters. The fraction of sp³-hybridized carbons (Fsp3) is 0.0870. The lowest BCUT2D eigenvalue weighted by atomic mass is 10.1. The third-order valence-electron chi connectivity index (χ3n) is 4.87. The smallest absolute Gasteiger partial charge is 0.283 e. The van der Waals surface area contributed by atoms with Crippen LogP contribution in [0.5, 0.6) is 0 Å². The van der Waals surface area contributed by atoms with Gasteiger partial charge in [-0.1, -0.05) is 59.8 Å². The summed E-state index contributed by atoms with van der Waals surface area (Å²) in [6.45, 7) is 4.46. The molecule has 0 aliphatic carbocycles. The molecule has 4 heterocycles. The zero-order valence-electron chi connectivity index (χ0n) is 16.4. The Morgan fingerprint density at radius 1 is 1.13 bits per heavy atom. The molecule has 154 valence electrons. The third-order valence-corrected chi connectivity index (χ3v) is 7.10. The summed E-state index contributed by atoms with van der Waals surface area (Å²) in [7, 11) is 0. The molecule has 0 saturated carbocycles. The van der Waals surface area contributed by atoms with E-state index >= 15 is 0 Å². The predicted molar refractivity (Wildman–Crippen MR) is 129 cm³/mol. The summed E-state index contributed by atoms with van der Waals surface area (Å²) >= 11 is 9.12. The Morgan fingerprint density at radius 2 is 1.97 bits per heavy atom. The highest BCUT2D eigenvalue weighted by molar-refractivity contribution is 7.98. The highest BCUT2D eigenvalue weighted by Crippen LogP contribution is 2.34. The quantitative estimate of drug-likeness (QED) is 0.178. The van der Waals surface area contributed by atoms with Crippen molar-refractivity contribution in [1.29, 1.82) is 0 Å². The largest absolute Gasteiger partial charge is 0.308 e. The van der Waals surface area contributed by atoms with Crippen LogP contribution in [0.25, 0.3) is 27.0 Å². The van der Waals surface area contributed by atoms with Gasteiger partial charge in [-0.25, -0.2) is 4.98 Å². The summed E-state index contributed by atoms with van der Waals surface area (Å²) in [5.41, 5.74) is 3.45. The molecule has 0 amide bonds. The van der Waals surface area contributed by atoms with Crippen molar-refractivity contribution in [2.75, 3.05) is 0 Å². The van der Waals surface area contributed by atoms with Gasteiger partial charge in [-0.2, -0.15) is 4.98 Å². The molecule has 0 atom stereocenters. The van der Waals surface area contributed by atoms with E-state index in [2.05, 4.69) is 21.1 Å². The minimum Gasteiger partial charge on any atom is -0.308 e. The molecule has 1 aromatic carbocycles. The average Bonchev–Trinajstić information content (AvgIpc) is 3.39. The summed E-state index contributed by atoms with van der Waals surface area (Å²) in [5.74, 6) is 0.589. The van der Waals surface area contributed by atoms with Crippen molar-refractivity contribution in [2.24, 2.45) is 0 Å². The monoisotopic (exact) mass is 464 g/mol. The van der Waals surface area contributed by atoms with Crippen LogP contribution in [0.4, 0.5) is 0 Å². The van der Waals surface area contributed by atoms with Gasteiger partial charge in [0.2, 0.25) is 0 Å². The number of hydrogen-bond donors (Lipinski definition) is 0. The van der Waals surface area contributed by atoms with Crippen LogP contribution in [-0.4, -0.2) is 18.9 Å². The number of imidazole rings is 1. The first kappa shape index (κ1) is 20.1. The maximum Gasteiger partial charge on any atom is 0.283 e. The topological polar surface area (TPSA) is 52.2 Å². The van der Waals surface area contributed by atoms with Crippen molar-refractivity contribution in [3.05, 3.63) is 94.0 Å². The van der Waals surface area contributed by atoms with E-state index in [9.17, 15) is 4.79 Å². The average molecular weight is 465 g/mol. The van der Waals surface area contributed by atoms with Crippen molar-refractivity contribution in [3.63, 3.8) is 0 Å². The second-order valence-electron chi connectivity index (χ2n) is 6.93. The van der Waals surface area contributed by atoms with Gasteiger partial charge in [-0.3, -0.25) is 4.79 Å². The van der Waals surface area contributed by atoms with E-state index in [1.165, 1.54) is 11.8 Å². The molecule has 0 radical (unpaired) electrons. The minimum absolute atomic E-state index is 0.209. The summed E-state index contributed by atoms with van der Waals surface area (Å²) in [5, 5.41) is 4.00. The van der Waals surface area contributed by atoms with Gasteiger partial charge in [-0.15, -0.1) is 17.9 Å². The van der Waals surface area contributed by atoms with Gasteiger partial charge in [0.25, 0.3) is 5.56 Å². The number of pyridine rings is 1. The van der Waals surface area contributed by atoms with Crippen molar-refractivity contribution < 1.29 is 0 Å². The van der Waals surface area contributed by atoms with Crippen LogP contribution < -0.4 is 5.56 Å². The highest BCUT2D eigenvalue weighted by Gasteiger charge is 2.17. The van der Waals surface area contributed by atoms with Crippen LogP contribution in [0.15, 0.2) is 82.8 Å². The van der Waals surface area contributed by atoms with Gasteiger partial charge < -0.3 is 8.97 Å². The molecule has 31 heavy (non-hydrogen) atoms. The number of halogens is 1. The number of nitrogens with zero attached hydrogens (tertiary/aromatic N) is 4. The molecule has 0 fully saturated rings. The van der Waals surface area contributed by atoms with Crippen LogP contribution in [-0.2, 0) is 12.3 Å². The molecule has 4 aromatic heterocycles.